The van der Waals surface area contributed by atoms with Crippen LogP contribution in [0, 0.1) is 10.1 Å². The normalized spacial score (nSPS) is 16.9. The lowest BCUT2D eigenvalue weighted by atomic mass is 9.84. The first-order valence-electron chi connectivity index (χ1n) is 20.4. The maximum absolute atomic E-state index is 13.6. The number of piperidine rings is 1. The Bertz CT molecular complexity index is 1900. The van der Waals surface area contributed by atoms with Crippen molar-refractivity contribution >= 4 is 16.9 Å². The standard InChI is InChI=1S/C45H58N2O13/c1-52-31-37(48)32-59-43-28-46(45(49)57-22-10-4-5-11-24-60-47(50)51)27-42(58-29-33-25-35-13-6-8-15-39(35)41(26-33)54-3)44(43)34-17-19-38(20-18-34)56-23-12-21-55-30-36-14-7-9-16-40(36)53-2/h6-9,13-20,25-26,37,42-44,48H,4-5,10-12,21-24,27-32H2,1-3H3. The summed E-state index contributed by atoms with van der Waals surface area (Å²) in [7, 11) is 4.80. The Labute approximate surface area is 351 Å². The van der Waals surface area contributed by atoms with Crippen molar-refractivity contribution in [2.45, 2.75) is 69.5 Å². The molecule has 1 aliphatic heterocycles. The van der Waals surface area contributed by atoms with Crippen molar-refractivity contribution in [2.24, 2.45) is 0 Å². The summed E-state index contributed by atoms with van der Waals surface area (Å²) in [6.45, 7) is 2.36. The van der Waals surface area contributed by atoms with Gasteiger partial charge in [-0.15, -0.1) is 10.1 Å². The van der Waals surface area contributed by atoms with Crippen molar-refractivity contribution < 1.29 is 57.7 Å². The Hall–Kier alpha value is -5.19. The number of aliphatic hydroxyl groups is 1. The predicted octanol–water partition coefficient (Wildman–Crippen LogP) is 7.13. The molecular weight excluding hydrogens is 776 g/mol. The molecule has 4 aromatic carbocycles. The van der Waals surface area contributed by atoms with Gasteiger partial charge in [-0.05, 0) is 66.1 Å². The molecule has 1 amide bonds. The number of ether oxygens (including phenoxy) is 8. The zero-order valence-electron chi connectivity index (χ0n) is 34.7. The second-order valence-corrected chi connectivity index (χ2v) is 14.5. The highest BCUT2D eigenvalue weighted by molar-refractivity contribution is 5.89. The number of fused-ring (bicyclic) bond motifs is 1. The zero-order chi connectivity index (χ0) is 42.5. The van der Waals surface area contributed by atoms with Gasteiger partial charge in [0.05, 0.1) is 92.4 Å². The minimum absolute atomic E-state index is 0.0209. The molecule has 15 heteroatoms. The van der Waals surface area contributed by atoms with E-state index in [9.17, 15) is 20.0 Å². The molecule has 5 rings (SSSR count). The average molecular weight is 835 g/mol. The molecule has 60 heavy (non-hydrogen) atoms. The summed E-state index contributed by atoms with van der Waals surface area (Å²) < 4.78 is 47.1. The van der Waals surface area contributed by atoms with Crippen molar-refractivity contribution in [2.75, 3.05) is 74.1 Å². The van der Waals surface area contributed by atoms with Crippen LogP contribution in [0.15, 0.2) is 84.9 Å². The fraction of sp³-hybridized carbons (Fsp3) is 0.489. The first kappa shape index (κ1) is 45.9. The minimum Gasteiger partial charge on any atom is -0.496 e. The van der Waals surface area contributed by atoms with Crippen LogP contribution in [-0.4, -0.2) is 114 Å². The first-order valence-corrected chi connectivity index (χ1v) is 20.4. The number of methoxy groups -OCH3 is 3. The number of unbranched alkanes of at least 4 members (excludes halogenated alkanes) is 3. The molecule has 1 aliphatic rings. The van der Waals surface area contributed by atoms with Crippen LogP contribution < -0.4 is 14.2 Å². The third-order valence-electron chi connectivity index (χ3n) is 10.2. The molecule has 0 saturated carbocycles. The van der Waals surface area contributed by atoms with Crippen LogP contribution in [-0.2, 0) is 41.7 Å². The highest BCUT2D eigenvalue weighted by Gasteiger charge is 2.42. The van der Waals surface area contributed by atoms with Crippen LogP contribution >= 0.6 is 0 Å². The second-order valence-electron chi connectivity index (χ2n) is 14.5. The number of likely N-dealkylation sites (tertiary alicyclic amines) is 1. The van der Waals surface area contributed by atoms with E-state index >= 15 is 0 Å². The molecule has 1 N–H and O–H groups in total. The number of hydrogen-bond donors (Lipinski definition) is 1. The SMILES string of the molecule is COCC(O)COC1CN(C(=O)OCCCCCCO[N+](=O)[O-])CC(OCc2cc(OC)c3ccccc3c2)C1c1ccc(OCCCOCc2ccccc2OC)cc1. The van der Waals surface area contributed by atoms with Crippen molar-refractivity contribution in [3.8, 4) is 17.2 Å². The molecule has 0 aromatic heterocycles. The van der Waals surface area contributed by atoms with Crippen LogP contribution in [0.1, 0.15) is 54.7 Å². The summed E-state index contributed by atoms with van der Waals surface area (Å²) in [5.74, 6) is 1.88. The lowest BCUT2D eigenvalue weighted by Crippen LogP contribution is -2.55. The van der Waals surface area contributed by atoms with Crippen molar-refractivity contribution in [3.63, 3.8) is 0 Å². The lowest BCUT2D eigenvalue weighted by molar-refractivity contribution is -0.757. The molecule has 1 heterocycles. The topological polar surface area (TPSA) is 167 Å². The number of nitrogens with zero attached hydrogens (tertiary/aromatic N) is 2. The number of para-hydroxylation sites is 1. The molecule has 4 unspecified atom stereocenters. The monoisotopic (exact) mass is 834 g/mol. The van der Waals surface area contributed by atoms with E-state index in [4.69, 9.17) is 37.9 Å². The van der Waals surface area contributed by atoms with Gasteiger partial charge in [-0.25, -0.2) is 4.79 Å². The van der Waals surface area contributed by atoms with Gasteiger partial charge in [-0.1, -0.05) is 61.0 Å². The van der Waals surface area contributed by atoms with Crippen LogP contribution in [0.3, 0.4) is 0 Å². The molecule has 15 nitrogen and oxygen atoms in total. The molecular formula is C45H58N2O13. The van der Waals surface area contributed by atoms with Crippen molar-refractivity contribution in [1.29, 1.82) is 0 Å². The lowest BCUT2D eigenvalue weighted by Gasteiger charge is -2.43. The molecule has 0 radical (unpaired) electrons. The van der Waals surface area contributed by atoms with Gasteiger partial charge < -0.3 is 52.7 Å². The fourth-order valence-corrected chi connectivity index (χ4v) is 7.22. The molecule has 1 fully saturated rings. The van der Waals surface area contributed by atoms with E-state index in [2.05, 4.69) is 10.9 Å². The highest BCUT2D eigenvalue weighted by atomic mass is 16.9. The van der Waals surface area contributed by atoms with E-state index in [0.29, 0.717) is 51.3 Å². The largest absolute Gasteiger partial charge is 0.496 e. The third kappa shape index (κ3) is 14.2. The maximum atomic E-state index is 13.6. The van der Waals surface area contributed by atoms with Gasteiger partial charge >= 0.3 is 6.09 Å². The summed E-state index contributed by atoms with van der Waals surface area (Å²) in [6, 6.07) is 27.6. The fourth-order valence-electron chi connectivity index (χ4n) is 7.22. The van der Waals surface area contributed by atoms with E-state index in [0.717, 1.165) is 45.4 Å². The Kier molecular flexibility index (Phi) is 19.0. The number of carbonyl (C=O) groups is 1. The number of benzene rings is 4. The van der Waals surface area contributed by atoms with Crippen LogP contribution in [0.4, 0.5) is 4.79 Å². The summed E-state index contributed by atoms with van der Waals surface area (Å²) in [4.78, 5) is 29.9. The molecule has 0 bridgehead atoms. The molecule has 0 aliphatic carbocycles. The maximum Gasteiger partial charge on any atom is 0.409 e. The van der Waals surface area contributed by atoms with Gasteiger partial charge in [0.2, 0.25) is 0 Å². The quantitative estimate of drug-likeness (QED) is 0.0386. The van der Waals surface area contributed by atoms with Gasteiger partial charge in [-0.3, -0.25) is 0 Å². The van der Waals surface area contributed by atoms with Gasteiger partial charge in [0, 0.05) is 30.4 Å². The highest BCUT2D eigenvalue weighted by Crippen LogP contribution is 2.36. The van der Waals surface area contributed by atoms with E-state index in [-0.39, 0.29) is 52.0 Å². The molecule has 326 valence electrons. The summed E-state index contributed by atoms with van der Waals surface area (Å²) in [6.07, 6.45) is 0.737. The Morgan fingerprint density at radius 1 is 0.783 bits per heavy atom. The van der Waals surface area contributed by atoms with E-state index in [1.165, 1.54) is 7.11 Å². The van der Waals surface area contributed by atoms with Gasteiger partial charge in [0.1, 0.15) is 23.4 Å². The van der Waals surface area contributed by atoms with Crippen LogP contribution in [0.25, 0.3) is 10.8 Å². The Morgan fingerprint density at radius 2 is 1.50 bits per heavy atom. The number of aliphatic hydroxyl groups excluding tert-OH is 1. The van der Waals surface area contributed by atoms with E-state index in [1.54, 1.807) is 19.1 Å². The first-order chi connectivity index (χ1) is 29.3. The van der Waals surface area contributed by atoms with Crippen LogP contribution in [0.2, 0.25) is 0 Å². The number of hydrogen-bond acceptors (Lipinski definition) is 13. The zero-order valence-corrected chi connectivity index (χ0v) is 34.7. The summed E-state index contributed by atoms with van der Waals surface area (Å²) in [5.41, 5.74) is 2.81. The predicted molar refractivity (Wildman–Crippen MR) is 223 cm³/mol. The number of carbonyl (C=O) groups excluding carboxylic acids is 1. The molecule has 1 saturated heterocycles. The number of amides is 1. The van der Waals surface area contributed by atoms with E-state index < -0.39 is 29.5 Å². The summed E-state index contributed by atoms with van der Waals surface area (Å²) >= 11 is 0. The molecule has 4 atom stereocenters. The van der Waals surface area contributed by atoms with Crippen molar-refractivity contribution in [1.82, 2.24) is 4.90 Å². The van der Waals surface area contributed by atoms with Gasteiger partial charge in [0.15, 0.2) is 0 Å². The van der Waals surface area contributed by atoms with Crippen molar-refractivity contribution in [3.05, 3.63) is 112 Å². The van der Waals surface area contributed by atoms with Gasteiger partial charge in [-0.2, -0.15) is 0 Å². The van der Waals surface area contributed by atoms with Gasteiger partial charge in [0.25, 0.3) is 5.09 Å². The summed E-state index contributed by atoms with van der Waals surface area (Å²) in [5, 5.41) is 22.2. The molecule has 0 spiro atoms. The minimum atomic E-state index is -0.882. The van der Waals surface area contributed by atoms with Crippen LogP contribution in [0.5, 0.6) is 17.2 Å². The number of rotatable bonds is 26. The average Bonchev–Trinajstić information content (AvgIpc) is 3.26. The smallest absolute Gasteiger partial charge is 0.409 e. The second kappa shape index (κ2) is 24.8. The third-order valence-corrected chi connectivity index (χ3v) is 10.2. The molecule has 4 aromatic rings. The van der Waals surface area contributed by atoms with E-state index in [1.807, 2.05) is 78.9 Å². The Balaban J connectivity index is 1.28. The Morgan fingerprint density at radius 3 is 2.25 bits per heavy atom.